The maximum Gasteiger partial charge on any atom is 0.0995 e. The number of nitrogens with zero attached hydrogens (tertiary/aromatic N) is 3. The van der Waals surface area contributed by atoms with Gasteiger partial charge in [-0.25, -0.2) is 0 Å². The van der Waals surface area contributed by atoms with E-state index in [0.717, 1.165) is 39.0 Å². The molecule has 2 heterocycles. The first-order valence-corrected chi connectivity index (χ1v) is 11.8. The molecule has 5 aromatic carbocycles. The third-order valence-corrected chi connectivity index (χ3v) is 7.08. The summed E-state index contributed by atoms with van der Waals surface area (Å²) in [6, 6.07) is 40.7. The summed E-state index contributed by atoms with van der Waals surface area (Å²) in [5.41, 5.74) is 8.27. The monoisotopic (exact) mass is 447 g/mol. The molecule has 7 aromatic rings. The SMILES string of the molecule is Cc1cc(-n2c3ccccc3c3ccccc32)c(-n2c3ccccc3c3ccccc32)cc1C#N. The van der Waals surface area contributed by atoms with Crippen LogP contribution in [0.1, 0.15) is 11.1 Å². The Labute approximate surface area is 202 Å². The maximum absolute atomic E-state index is 9.97. The van der Waals surface area contributed by atoms with Gasteiger partial charge in [0.2, 0.25) is 0 Å². The molecule has 3 nitrogen and oxygen atoms in total. The van der Waals surface area contributed by atoms with E-state index in [-0.39, 0.29) is 0 Å². The fraction of sp³-hybridized carbons (Fsp3) is 0.0312. The summed E-state index contributed by atoms with van der Waals surface area (Å²) in [4.78, 5) is 0. The zero-order valence-corrected chi connectivity index (χ0v) is 19.2. The summed E-state index contributed by atoms with van der Waals surface area (Å²) in [7, 11) is 0. The van der Waals surface area contributed by atoms with Crippen molar-refractivity contribution in [3.63, 3.8) is 0 Å². The summed E-state index contributed by atoms with van der Waals surface area (Å²) >= 11 is 0. The Kier molecular flexibility index (Phi) is 4.12. The van der Waals surface area contributed by atoms with Gasteiger partial charge in [0, 0.05) is 21.5 Å². The highest BCUT2D eigenvalue weighted by Gasteiger charge is 2.20. The van der Waals surface area contributed by atoms with Crippen molar-refractivity contribution in [1.82, 2.24) is 9.13 Å². The maximum atomic E-state index is 9.97. The lowest BCUT2D eigenvalue weighted by molar-refractivity contribution is 1.09. The van der Waals surface area contributed by atoms with Gasteiger partial charge in [0.15, 0.2) is 0 Å². The lowest BCUT2D eigenvalue weighted by atomic mass is 10.1. The van der Waals surface area contributed by atoms with E-state index in [9.17, 15) is 5.26 Å². The second-order valence-electron chi connectivity index (χ2n) is 9.01. The van der Waals surface area contributed by atoms with E-state index in [1.807, 2.05) is 13.0 Å². The average molecular weight is 448 g/mol. The van der Waals surface area contributed by atoms with E-state index in [4.69, 9.17) is 0 Å². The van der Waals surface area contributed by atoms with Crippen molar-refractivity contribution < 1.29 is 0 Å². The first-order chi connectivity index (χ1) is 17.3. The molecule has 0 aliphatic carbocycles. The molecule has 3 heteroatoms. The molecule has 35 heavy (non-hydrogen) atoms. The molecule has 0 N–H and O–H groups in total. The molecule has 0 aliphatic rings. The van der Waals surface area contributed by atoms with Crippen LogP contribution in [0.25, 0.3) is 55.0 Å². The van der Waals surface area contributed by atoms with Gasteiger partial charge in [0.05, 0.1) is 45.1 Å². The minimum Gasteiger partial charge on any atom is -0.307 e. The quantitative estimate of drug-likeness (QED) is 0.264. The third kappa shape index (κ3) is 2.71. The molecule has 0 unspecified atom stereocenters. The van der Waals surface area contributed by atoms with Crippen molar-refractivity contribution in [2.45, 2.75) is 6.92 Å². The fourth-order valence-corrected chi connectivity index (χ4v) is 5.52. The van der Waals surface area contributed by atoms with Gasteiger partial charge >= 0.3 is 0 Å². The summed E-state index contributed by atoms with van der Waals surface area (Å²) in [6.07, 6.45) is 0. The number of aryl methyl sites for hydroxylation is 1. The molecule has 0 aliphatic heterocycles. The predicted octanol–water partition coefficient (Wildman–Crippen LogP) is 8.06. The smallest absolute Gasteiger partial charge is 0.0995 e. The highest BCUT2D eigenvalue weighted by molar-refractivity contribution is 6.11. The zero-order valence-electron chi connectivity index (χ0n) is 19.2. The van der Waals surface area contributed by atoms with Gasteiger partial charge in [-0.05, 0) is 48.9 Å². The van der Waals surface area contributed by atoms with Crippen LogP contribution in [0.3, 0.4) is 0 Å². The second-order valence-corrected chi connectivity index (χ2v) is 9.01. The van der Waals surface area contributed by atoms with E-state index in [0.29, 0.717) is 5.56 Å². The van der Waals surface area contributed by atoms with Gasteiger partial charge in [-0.3, -0.25) is 0 Å². The first-order valence-electron chi connectivity index (χ1n) is 11.8. The van der Waals surface area contributed by atoms with Gasteiger partial charge < -0.3 is 9.13 Å². The van der Waals surface area contributed by atoms with Crippen LogP contribution in [-0.4, -0.2) is 9.13 Å². The third-order valence-electron chi connectivity index (χ3n) is 7.08. The van der Waals surface area contributed by atoms with E-state index < -0.39 is 0 Å². The van der Waals surface area contributed by atoms with Crippen molar-refractivity contribution in [3.8, 4) is 17.4 Å². The minimum atomic E-state index is 0.686. The Morgan fingerprint density at radius 3 is 1.23 bits per heavy atom. The van der Waals surface area contributed by atoms with Crippen molar-refractivity contribution in [2.75, 3.05) is 0 Å². The molecule has 164 valence electrons. The number of fused-ring (bicyclic) bond motifs is 6. The van der Waals surface area contributed by atoms with Gasteiger partial charge in [-0.1, -0.05) is 72.8 Å². The highest BCUT2D eigenvalue weighted by atomic mass is 15.1. The van der Waals surface area contributed by atoms with Crippen LogP contribution in [0.5, 0.6) is 0 Å². The Morgan fingerprint density at radius 1 is 0.514 bits per heavy atom. The molecule has 0 radical (unpaired) electrons. The topological polar surface area (TPSA) is 33.6 Å². The van der Waals surface area contributed by atoms with E-state index >= 15 is 0 Å². The van der Waals surface area contributed by atoms with Crippen LogP contribution in [0.15, 0.2) is 109 Å². The zero-order chi connectivity index (χ0) is 23.5. The molecule has 0 amide bonds. The molecule has 2 aromatic heterocycles. The molecular weight excluding hydrogens is 426 g/mol. The van der Waals surface area contributed by atoms with E-state index in [1.54, 1.807) is 0 Å². The molecule has 0 fully saturated rings. The van der Waals surface area contributed by atoms with Crippen LogP contribution < -0.4 is 0 Å². The molecule has 0 saturated carbocycles. The molecule has 0 spiro atoms. The molecule has 0 atom stereocenters. The number of nitriles is 1. The number of hydrogen-bond donors (Lipinski definition) is 0. The summed E-state index contributed by atoms with van der Waals surface area (Å²) in [5.74, 6) is 0. The highest BCUT2D eigenvalue weighted by Crippen LogP contribution is 2.38. The summed E-state index contributed by atoms with van der Waals surface area (Å²) < 4.78 is 4.65. The number of aromatic nitrogens is 2. The van der Waals surface area contributed by atoms with Gasteiger partial charge in [-0.15, -0.1) is 0 Å². The van der Waals surface area contributed by atoms with Crippen molar-refractivity contribution in [3.05, 3.63) is 120 Å². The lowest BCUT2D eigenvalue weighted by Gasteiger charge is -2.18. The van der Waals surface area contributed by atoms with Gasteiger partial charge in [-0.2, -0.15) is 5.26 Å². The first kappa shape index (κ1) is 19.6. The number of rotatable bonds is 2. The average Bonchev–Trinajstić information content (AvgIpc) is 3.42. The Balaban J connectivity index is 1.70. The largest absolute Gasteiger partial charge is 0.307 e. The predicted molar refractivity (Wildman–Crippen MR) is 145 cm³/mol. The molecule has 7 rings (SSSR count). The normalized spacial score (nSPS) is 11.5. The lowest BCUT2D eigenvalue weighted by Crippen LogP contribution is -2.05. The minimum absolute atomic E-state index is 0.686. The molecular formula is C32H21N3. The number of hydrogen-bond acceptors (Lipinski definition) is 1. The van der Waals surface area contributed by atoms with Gasteiger partial charge in [0.1, 0.15) is 0 Å². The molecule has 0 saturated heterocycles. The van der Waals surface area contributed by atoms with Crippen LogP contribution in [0, 0.1) is 18.3 Å². The fourth-order valence-electron chi connectivity index (χ4n) is 5.52. The summed E-state index contributed by atoms with van der Waals surface area (Å²) in [5, 5.41) is 14.8. The van der Waals surface area contributed by atoms with Crippen molar-refractivity contribution in [2.24, 2.45) is 0 Å². The van der Waals surface area contributed by atoms with Crippen molar-refractivity contribution in [1.29, 1.82) is 5.26 Å². The van der Waals surface area contributed by atoms with Gasteiger partial charge in [0.25, 0.3) is 0 Å². The van der Waals surface area contributed by atoms with Crippen molar-refractivity contribution >= 4 is 43.6 Å². The number of para-hydroxylation sites is 4. The summed E-state index contributed by atoms with van der Waals surface area (Å²) in [6.45, 7) is 2.02. The van der Waals surface area contributed by atoms with Crippen LogP contribution in [0.2, 0.25) is 0 Å². The van der Waals surface area contributed by atoms with E-state index in [2.05, 4.69) is 118 Å². The van der Waals surface area contributed by atoms with Crippen LogP contribution in [-0.2, 0) is 0 Å². The second kappa shape index (κ2) is 7.35. The Bertz CT molecular complexity index is 1870. The standard InChI is InChI=1S/C32H21N3/c1-21-18-31(34-27-14-6-2-10-23(27)24-11-3-7-15-28(24)34)32(19-22(21)20-33)35-29-16-8-4-12-25(29)26-13-5-9-17-30(26)35/h2-19H,1H3. The Morgan fingerprint density at radius 2 is 0.857 bits per heavy atom. The number of benzene rings is 5. The molecule has 0 bridgehead atoms. The van der Waals surface area contributed by atoms with E-state index in [1.165, 1.54) is 21.5 Å². The van der Waals surface area contributed by atoms with Crippen LogP contribution >= 0.6 is 0 Å². The Hall–Kier alpha value is -4.81. The van der Waals surface area contributed by atoms with Crippen LogP contribution in [0.4, 0.5) is 0 Å².